The molecule has 1 rings (SSSR count). The van der Waals surface area contributed by atoms with Crippen LogP contribution in [0.3, 0.4) is 0 Å². The van der Waals surface area contributed by atoms with Crippen molar-refractivity contribution in [3.63, 3.8) is 0 Å². The van der Waals surface area contributed by atoms with Crippen LogP contribution in [0.15, 0.2) is 0 Å². The van der Waals surface area contributed by atoms with Crippen molar-refractivity contribution < 1.29 is 9.59 Å². The molecule has 0 radical (unpaired) electrons. The molecule has 0 saturated heterocycles. The maximum Gasteiger partial charge on any atom is 0.221 e. The summed E-state index contributed by atoms with van der Waals surface area (Å²) in [6, 6.07) is 0. The first-order valence-corrected chi connectivity index (χ1v) is 5.64. The Hall–Kier alpha value is -1.06. The number of rotatable bonds is 7. The van der Waals surface area contributed by atoms with Gasteiger partial charge in [-0.15, -0.1) is 0 Å². The summed E-state index contributed by atoms with van der Waals surface area (Å²) in [5, 5.41) is 0. The lowest BCUT2D eigenvalue weighted by Gasteiger charge is -2.21. The van der Waals surface area contributed by atoms with Crippen molar-refractivity contribution in [3.8, 4) is 0 Å². The van der Waals surface area contributed by atoms with E-state index in [0.29, 0.717) is 12.3 Å². The van der Waals surface area contributed by atoms with Gasteiger partial charge in [0.15, 0.2) is 0 Å². The van der Waals surface area contributed by atoms with Crippen LogP contribution < -0.4 is 11.5 Å². The van der Waals surface area contributed by atoms with Crippen LogP contribution in [0.5, 0.6) is 0 Å². The highest BCUT2D eigenvalue weighted by Gasteiger charge is 2.35. The smallest absolute Gasteiger partial charge is 0.221 e. The summed E-state index contributed by atoms with van der Waals surface area (Å²) in [6.07, 6.45) is 4.56. The summed E-state index contributed by atoms with van der Waals surface area (Å²) in [7, 11) is 0. The highest BCUT2D eigenvalue weighted by molar-refractivity contribution is 5.86. The lowest BCUT2D eigenvalue weighted by Crippen LogP contribution is -2.38. The van der Waals surface area contributed by atoms with Crippen LogP contribution in [-0.4, -0.2) is 11.8 Å². The SMILES string of the molecule is CCCC(C(N)=O)C(CC1CC1)C(N)=O. The van der Waals surface area contributed by atoms with E-state index in [9.17, 15) is 9.59 Å². The molecule has 0 aromatic carbocycles. The van der Waals surface area contributed by atoms with Crippen LogP contribution in [0.25, 0.3) is 0 Å². The van der Waals surface area contributed by atoms with E-state index in [1.807, 2.05) is 6.92 Å². The zero-order valence-corrected chi connectivity index (χ0v) is 9.24. The topological polar surface area (TPSA) is 86.2 Å². The predicted molar refractivity (Wildman–Crippen MR) is 57.6 cm³/mol. The van der Waals surface area contributed by atoms with E-state index < -0.39 is 0 Å². The molecule has 0 aromatic heterocycles. The molecule has 4 heteroatoms. The van der Waals surface area contributed by atoms with E-state index in [-0.39, 0.29) is 23.7 Å². The summed E-state index contributed by atoms with van der Waals surface area (Å²) in [5.74, 6) is -0.898. The van der Waals surface area contributed by atoms with Gasteiger partial charge < -0.3 is 11.5 Å². The fraction of sp³-hybridized carbons (Fsp3) is 0.818. The lowest BCUT2D eigenvalue weighted by atomic mass is 9.83. The van der Waals surface area contributed by atoms with Gasteiger partial charge in [-0.3, -0.25) is 9.59 Å². The highest BCUT2D eigenvalue weighted by Crippen LogP contribution is 2.38. The molecule has 0 aromatic rings. The molecule has 2 atom stereocenters. The van der Waals surface area contributed by atoms with Crippen molar-refractivity contribution in [1.29, 1.82) is 0 Å². The van der Waals surface area contributed by atoms with Crippen LogP contribution in [0.2, 0.25) is 0 Å². The standard InChI is InChI=1S/C11H20N2O2/c1-2-3-8(10(12)14)9(11(13)15)6-7-4-5-7/h7-9H,2-6H2,1H3,(H2,12,14)(H2,13,15). The number of hydrogen-bond acceptors (Lipinski definition) is 2. The van der Waals surface area contributed by atoms with Gasteiger partial charge in [-0.25, -0.2) is 0 Å². The first-order chi connectivity index (χ1) is 7.06. The van der Waals surface area contributed by atoms with Crippen LogP contribution in [-0.2, 0) is 9.59 Å². The number of primary amides is 2. The van der Waals surface area contributed by atoms with Gasteiger partial charge in [-0.2, -0.15) is 0 Å². The van der Waals surface area contributed by atoms with Gasteiger partial charge in [-0.05, 0) is 18.8 Å². The molecular formula is C11H20N2O2. The third-order valence-electron chi connectivity index (χ3n) is 3.10. The van der Waals surface area contributed by atoms with E-state index in [1.165, 1.54) is 0 Å². The summed E-state index contributed by atoms with van der Waals surface area (Å²) in [6.45, 7) is 1.98. The van der Waals surface area contributed by atoms with Crippen LogP contribution in [0, 0.1) is 17.8 Å². The van der Waals surface area contributed by atoms with E-state index in [0.717, 1.165) is 25.7 Å². The summed E-state index contributed by atoms with van der Waals surface area (Å²) >= 11 is 0. The Morgan fingerprint density at radius 1 is 1.20 bits per heavy atom. The molecule has 0 heterocycles. The number of hydrogen-bond donors (Lipinski definition) is 2. The van der Waals surface area contributed by atoms with Gasteiger partial charge in [0.05, 0.1) is 0 Å². The molecule has 2 unspecified atom stereocenters. The molecule has 86 valence electrons. The monoisotopic (exact) mass is 212 g/mol. The molecule has 4 nitrogen and oxygen atoms in total. The van der Waals surface area contributed by atoms with E-state index in [2.05, 4.69) is 0 Å². The molecular weight excluding hydrogens is 192 g/mol. The second-order valence-corrected chi connectivity index (χ2v) is 4.49. The molecule has 1 aliphatic carbocycles. The minimum Gasteiger partial charge on any atom is -0.369 e. The van der Waals surface area contributed by atoms with E-state index >= 15 is 0 Å². The van der Waals surface area contributed by atoms with Gasteiger partial charge >= 0.3 is 0 Å². The minimum atomic E-state index is -0.388. The lowest BCUT2D eigenvalue weighted by molar-refractivity contribution is -0.132. The average Bonchev–Trinajstić information content (AvgIpc) is 2.93. The van der Waals surface area contributed by atoms with Gasteiger partial charge in [-0.1, -0.05) is 26.2 Å². The van der Waals surface area contributed by atoms with Crippen LogP contribution in [0.4, 0.5) is 0 Å². The Morgan fingerprint density at radius 3 is 2.07 bits per heavy atom. The van der Waals surface area contributed by atoms with Crippen molar-refractivity contribution >= 4 is 11.8 Å². The maximum atomic E-state index is 11.3. The molecule has 0 spiro atoms. The second kappa shape index (κ2) is 5.14. The molecule has 0 bridgehead atoms. The minimum absolute atomic E-state index is 0.352. The van der Waals surface area contributed by atoms with Gasteiger partial charge in [0.1, 0.15) is 0 Å². The predicted octanol–water partition coefficient (Wildman–Crippen LogP) is 0.790. The van der Waals surface area contributed by atoms with Crippen molar-refractivity contribution in [1.82, 2.24) is 0 Å². The zero-order valence-electron chi connectivity index (χ0n) is 9.24. The Morgan fingerprint density at radius 2 is 1.73 bits per heavy atom. The summed E-state index contributed by atoms with van der Waals surface area (Å²) in [5.41, 5.74) is 10.6. The molecule has 1 aliphatic rings. The third kappa shape index (κ3) is 3.53. The van der Waals surface area contributed by atoms with Crippen LogP contribution >= 0.6 is 0 Å². The third-order valence-corrected chi connectivity index (χ3v) is 3.10. The fourth-order valence-electron chi connectivity index (χ4n) is 2.04. The zero-order chi connectivity index (χ0) is 11.4. The van der Waals surface area contributed by atoms with E-state index in [4.69, 9.17) is 11.5 Å². The van der Waals surface area contributed by atoms with Crippen molar-refractivity contribution in [2.75, 3.05) is 0 Å². The van der Waals surface area contributed by atoms with Crippen molar-refractivity contribution in [3.05, 3.63) is 0 Å². The summed E-state index contributed by atoms with van der Waals surface area (Å²) < 4.78 is 0. The Kier molecular flexibility index (Phi) is 4.12. The summed E-state index contributed by atoms with van der Waals surface area (Å²) in [4.78, 5) is 22.5. The van der Waals surface area contributed by atoms with Crippen molar-refractivity contribution in [2.45, 2.75) is 39.0 Å². The van der Waals surface area contributed by atoms with Gasteiger partial charge in [0, 0.05) is 11.8 Å². The molecule has 4 N–H and O–H groups in total. The highest BCUT2D eigenvalue weighted by atomic mass is 16.2. The molecule has 1 fully saturated rings. The Bertz CT molecular complexity index is 249. The molecule has 0 aliphatic heterocycles. The van der Waals surface area contributed by atoms with Crippen LogP contribution in [0.1, 0.15) is 39.0 Å². The quantitative estimate of drug-likeness (QED) is 0.653. The number of amides is 2. The largest absolute Gasteiger partial charge is 0.369 e. The first-order valence-electron chi connectivity index (χ1n) is 5.64. The maximum absolute atomic E-state index is 11.3. The second-order valence-electron chi connectivity index (χ2n) is 4.49. The Labute approximate surface area is 90.4 Å². The van der Waals surface area contributed by atoms with E-state index in [1.54, 1.807) is 0 Å². The fourth-order valence-corrected chi connectivity index (χ4v) is 2.04. The molecule has 1 saturated carbocycles. The van der Waals surface area contributed by atoms with Gasteiger partial charge in [0.25, 0.3) is 0 Å². The first kappa shape index (κ1) is 12.0. The number of nitrogens with two attached hydrogens (primary N) is 2. The number of carbonyl (C=O) groups excluding carboxylic acids is 2. The average molecular weight is 212 g/mol. The van der Waals surface area contributed by atoms with Gasteiger partial charge in [0.2, 0.25) is 11.8 Å². The molecule has 15 heavy (non-hydrogen) atoms. The van der Waals surface area contributed by atoms with Crippen molar-refractivity contribution in [2.24, 2.45) is 29.2 Å². The molecule has 2 amide bonds. The Balaban J connectivity index is 2.63. The number of carbonyl (C=O) groups is 2. The normalized spacial score (nSPS) is 19.5.